The molecular formula is C24H31N5O6. The van der Waals surface area contributed by atoms with Crippen LogP contribution in [0.15, 0.2) is 18.2 Å². The number of carbonyl (C=O) groups excluding carboxylic acids is 5. The van der Waals surface area contributed by atoms with Crippen molar-refractivity contribution in [3.05, 3.63) is 29.3 Å². The van der Waals surface area contributed by atoms with Gasteiger partial charge in [-0.3, -0.25) is 34.3 Å². The van der Waals surface area contributed by atoms with Crippen LogP contribution >= 0.6 is 0 Å². The van der Waals surface area contributed by atoms with E-state index in [1.807, 2.05) is 19.9 Å². The average Bonchev–Trinajstić information content (AvgIpc) is 3.04. The van der Waals surface area contributed by atoms with Crippen LogP contribution in [0.4, 0.5) is 10.5 Å². The zero-order chi connectivity index (χ0) is 25.3. The number of nitrogens with one attached hydrogen (secondary N) is 1. The van der Waals surface area contributed by atoms with Gasteiger partial charge in [0, 0.05) is 32.6 Å². The minimum Gasteiger partial charge on any atom is -0.444 e. The van der Waals surface area contributed by atoms with Crippen molar-refractivity contribution in [3.8, 4) is 0 Å². The van der Waals surface area contributed by atoms with Crippen molar-refractivity contribution in [1.82, 2.24) is 15.1 Å². The fraction of sp³-hybridized carbons (Fsp3) is 0.542. The van der Waals surface area contributed by atoms with Crippen molar-refractivity contribution in [2.45, 2.75) is 51.2 Å². The number of hydrogen-bond acceptors (Lipinski definition) is 8. The van der Waals surface area contributed by atoms with E-state index in [9.17, 15) is 24.0 Å². The Morgan fingerprint density at radius 2 is 1.83 bits per heavy atom. The molecule has 2 saturated heterocycles. The normalized spacial score (nSPS) is 21.3. The number of nitrogens with zero attached hydrogens (tertiary/aromatic N) is 3. The van der Waals surface area contributed by atoms with Gasteiger partial charge in [0.15, 0.2) is 0 Å². The van der Waals surface area contributed by atoms with E-state index in [-0.39, 0.29) is 18.4 Å². The molecule has 0 spiro atoms. The molecule has 2 fully saturated rings. The minimum atomic E-state index is -0.979. The number of benzene rings is 1. The maximum Gasteiger partial charge on any atom is 0.405 e. The Balaban J connectivity index is 1.39. The largest absolute Gasteiger partial charge is 0.444 e. The number of imide groups is 2. The Labute approximate surface area is 203 Å². The number of ether oxygens (including phenoxy) is 1. The van der Waals surface area contributed by atoms with Crippen molar-refractivity contribution < 1.29 is 28.7 Å². The van der Waals surface area contributed by atoms with Crippen LogP contribution in [-0.4, -0.2) is 83.9 Å². The third kappa shape index (κ3) is 5.14. The number of fused-ring (bicyclic) bond motifs is 1. The van der Waals surface area contributed by atoms with Crippen LogP contribution in [0.2, 0.25) is 0 Å². The summed E-state index contributed by atoms with van der Waals surface area (Å²) in [4.78, 5) is 66.6. The molecule has 188 valence electrons. The first kappa shape index (κ1) is 24.6. The van der Waals surface area contributed by atoms with Crippen LogP contribution in [0.3, 0.4) is 0 Å². The van der Waals surface area contributed by atoms with Crippen LogP contribution in [0.5, 0.6) is 0 Å². The predicted octanol–water partition coefficient (Wildman–Crippen LogP) is 0.864. The standard InChI is InChI=1S/C24H31N5O6/c1-24(2,35-23(25)34)9-4-10-27-11-13-28(14-12-27)16-6-3-5-15-19(16)22(33)29(21(15)32)17-7-8-18(30)26-20(17)31/h3,5-6,17H,4,7-14H2,1-2H3,(H2,25,34)(H,26,30,31). The first-order valence-corrected chi connectivity index (χ1v) is 11.9. The van der Waals surface area contributed by atoms with Crippen LogP contribution in [-0.2, 0) is 14.3 Å². The number of rotatable bonds is 7. The monoisotopic (exact) mass is 485 g/mol. The zero-order valence-corrected chi connectivity index (χ0v) is 20.0. The summed E-state index contributed by atoms with van der Waals surface area (Å²) in [6.07, 6.45) is 0.975. The van der Waals surface area contributed by atoms with Gasteiger partial charge in [-0.15, -0.1) is 0 Å². The van der Waals surface area contributed by atoms with Gasteiger partial charge in [0.05, 0.1) is 16.8 Å². The number of anilines is 1. The molecule has 11 nitrogen and oxygen atoms in total. The van der Waals surface area contributed by atoms with Gasteiger partial charge >= 0.3 is 6.09 Å². The van der Waals surface area contributed by atoms with E-state index in [4.69, 9.17) is 10.5 Å². The summed E-state index contributed by atoms with van der Waals surface area (Å²) >= 11 is 0. The molecule has 5 amide bonds. The first-order chi connectivity index (χ1) is 16.6. The molecule has 0 aliphatic carbocycles. The Hall–Kier alpha value is -3.47. The lowest BCUT2D eigenvalue weighted by atomic mass is 10.0. The minimum absolute atomic E-state index is 0.0878. The summed E-state index contributed by atoms with van der Waals surface area (Å²) in [5.74, 6) is -2.00. The molecular weight excluding hydrogens is 454 g/mol. The highest BCUT2D eigenvalue weighted by Crippen LogP contribution is 2.34. The molecule has 35 heavy (non-hydrogen) atoms. The van der Waals surface area contributed by atoms with Crippen LogP contribution in [0.25, 0.3) is 0 Å². The summed E-state index contributed by atoms with van der Waals surface area (Å²) in [5.41, 5.74) is 5.81. The van der Waals surface area contributed by atoms with Gasteiger partial charge in [0.1, 0.15) is 11.6 Å². The van der Waals surface area contributed by atoms with E-state index in [1.165, 1.54) is 0 Å². The number of carbonyl (C=O) groups is 5. The van der Waals surface area contributed by atoms with Gasteiger partial charge in [-0.1, -0.05) is 6.07 Å². The van der Waals surface area contributed by atoms with Crippen molar-refractivity contribution in [2.75, 3.05) is 37.6 Å². The lowest BCUT2D eigenvalue weighted by molar-refractivity contribution is -0.136. The van der Waals surface area contributed by atoms with Gasteiger partial charge in [0.2, 0.25) is 11.8 Å². The molecule has 11 heteroatoms. The maximum absolute atomic E-state index is 13.3. The van der Waals surface area contributed by atoms with Crippen LogP contribution in [0, 0.1) is 0 Å². The predicted molar refractivity (Wildman–Crippen MR) is 126 cm³/mol. The molecule has 1 atom stereocenters. The molecule has 3 heterocycles. The summed E-state index contributed by atoms with van der Waals surface area (Å²) < 4.78 is 5.13. The van der Waals surface area contributed by atoms with E-state index >= 15 is 0 Å². The van der Waals surface area contributed by atoms with E-state index in [0.717, 1.165) is 31.0 Å². The van der Waals surface area contributed by atoms with Gasteiger partial charge in [0.25, 0.3) is 11.8 Å². The number of hydrogen-bond donors (Lipinski definition) is 2. The number of piperidine rings is 1. The summed E-state index contributed by atoms with van der Waals surface area (Å²) in [6.45, 7) is 7.42. The SMILES string of the molecule is CC(C)(CCCN1CCN(c2cccc3c2C(=O)N(C2CCC(=O)NC2=O)C3=O)CC1)OC(N)=O. The average molecular weight is 486 g/mol. The van der Waals surface area contributed by atoms with Crippen LogP contribution < -0.4 is 16.0 Å². The van der Waals surface area contributed by atoms with Gasteiger partial charge in [-0.2, -0.15) is 0 Å². The van der Waals surface area contributed by atoms with E-state index in [2.05, 4.69) is 15.1 Å². The smallest absolute Gasteiger partial charge is 0.405 e. The van der Waals surface area contributed by atoms with E-state index < -0.39 is 41.4 Å². The van der Waals surface area contributed by atoms with Crippen molar-refractivity contribution in [3.63, 3.8) is 0 Å². The quantitative estimate of drug-likeness (QED) is 0.542. The fourth-order valence-corrected chi connectivity index (χ4v) is 5.02. The molecule has 3 aliphatic rings. The Morgan fingerprint density at radius 1 is 1.11 bits per heavy atom. The van der Waals surface area contributed by atoms with E-state index in [1.54, 1.807) is 12.1 Å². The number of nitrogens with two attached hydrogens (primary N) is 1. The third-order valence-corrected chi connectivity index (χ3v) is 6.79. The number of piperazine rings is 1. The molecule has 1 aromatic carbocycles. The lowest BCUT2D eigenvalue weighted by Gasteiger charge is -2.37. The molecule has 0 saturated carbocycles. The zero-order valence-electron chi connectivity index (χ0n) is 20.0. The highest BCUT2D eigenvalue weighted by Gasteiger charge is 2.46. The molecule has 0 bridgehead atoms. The van der Waals surface area contributed by atoms with Gasteiger partial charge in [-0.05, 0) is 51.8 Å². The third-order valence-electron chi connectivity index (χ3n) is 6.79. The molecule has 4 rings (SSSR count). The molecule has 1 aromatic rings. The molecule has 3 N–H and O–H groups in total. The van der Waals surface area contributed by atoms with Crippen molar-refractivity contribution in [2.24, 2.45) is 5.73 Å². The molecule has 1 unspecified atom stereocenters. The summed E-state index contributed by atoms with van der Waals surface area (Å²) in [5, 5.41) is 2.22. The topological polar surface area (TPSA) is 142 Å². The van der Waals surface area contributed by atoms with Crippen molar-refractivity contribution in [1.29, 1.82) is 0 Å². The Kier molecular flexibility index (Phi) is 6.79. The highest BCUT2D eigenvalue weighted by atomic mass is 16.6. The number of amides is 5. The number of primary amides is 1. The summed E-state index contributed by atoms with van der Waals surface area (Å²) in [6, 6.07) is 4.21. The molecule has 0 aromatic heterocycles. The second-order valence-corrected chi connectivity index (χ2v) is 9.76. The Bertz CT molecular complexity index is 1060. The second-order valence-electron chi connectivity index (χ2n) is 9.76. The summed E-state index contributed by atoms with van der Waals surface area (Å²) in [7, 11) is 0. The fourth-order valence-electron chi connectivity index (χ4n) is 5.02. The second kappa shape index (κ2) is 9.65. The van der Waals surface area contributed by atoms with Crippen molar-refractivity contribution >= 4 is 35.4 Å². The lowest BCUT2D eigenvalue weighted by Crippen LogP contribution is -2.54. The highest BCUT2D eigenvalue weighted by molar-refractivity contribution is 6.25. The molecule has 0 radical (unpaired) electrons. The first-order valence-electron chi connectivity index (χ1n) is 11.9. The van der Waals surface area contributed by atoms with E-state index in [0.29, 0.717) is 30.8 Å². The van der Waals surface area contributed by atoms with Crippen LogP contribution in [0.1, 0.15) is 60.2 Å². The Morgan fingerprint density at radius 3 is 2.49 bits per heavy atom. The molecule has 3 aliphatic heterocycles. The maximum atomic E-state index is 13.3. The van der Waals surface area contributed by atoms with Gasteiger partial charge < -0.3 is 15.4 Å². The van der Waals surface area contributed by atoms with Gasteiger partial charge in [-0.25, -0.2) is 4.79 Å².